The van der Waals surface area contributed by atoms with Gasteiger partial charge in [-0.15, -0.1) is 0 Å². The fourth-order valence-electron chi connectivity index (χ4n) is 3.13. The van der Waals surface area contributed by atoms with Crippen LogP contribution in [0.4, 0.5) is 6.01 Å². The molecule has 0 atom stereocenters. The molecule has 140 valence electrons. The first kappa shape index (κ1) is 18.2. The van der Waals surface area contributed by atoms with Gasteiger partial charge in [-0.1, -0.05) is 13.8 Å². The van der Waals surface area contributed by atoms with Crippen LogP contribution < -0.4 is 10.2 Å². The molecule has 2 heterocycles. The zero-order valence-corrected chi connectivity index (χ0v) is 15.8. The first-order valence-corrected chi connectivity index (χ1v) is 9.02. The number of carbonyl (C=O) groups is 2. The van der Waals surface area contributed by atoms with E-state index in [-0.39, 0.29) is 23.8 Å². The summed E-state index contributed by atoms with van der Waals surface area (Å²) in [5, 5.41) is 3.07. The summed E-state index contributed by atoms with van der Waals surface area (Å²) in [4.78, 5) is 32.7. The highest BCUT2D eigenvalue weighted by molar-refractivity contribution is 5.97. The molecule has 2 amide bonds. The first-order valence-electron chi connectivity index (χ1n) is 9.02. The summed E-state index contributed by atoms with van der Waals surface area (Å²) >= 11 is 0. The molecule has 0 saturated carbocycles. The van der Waals surface area contributed by atoms with Gasteiger partial charge in [0.25, 0.3) is 11.9 Å². The Morgan fingerprint density at radius 2 is 1.96 bits per heavy atom. The highest BCUT2D eigenvalue weighted by atomic mass is 16.4. The lowest BCUT2D eigenvalue weighted by Gasteiger charge is -2.33. The van der Waals surface area contributed by atoms with Gasteiger partial charge in [-0.3, -0.25) is 9.59 Å². The van der Waals surface area contributed by atoms with E-state index in [2.05, 4.69) is 10.3 Å². The quantitative estimate of drug-likeness (QED) is 0.907. The number of hydrogen-bond acceptors (Lipinski definition) is 5. The molecule has 1 N–H and O–H groups in total. The Balaban J connectivity index is 1.62. The maximum absolute atomic E-state index is 12.6. The predicted molar refractivity (Wildman–Crippen MR) is 100 cm³/mol. The summed E-state index contributed by atoms with van der Waals surface area (Å²) in [6.45, 7) is 5.21. The normalized spacial score (nSPS) is 15.5. The maximum Gasteiger partial charge on any atom is 0.297 e. The van der Waals surface area contributed by atoms with Crippen LogP contribution in [0.1, 0.15) is 37.0 Å². The number of benzene rings is 1. The third kappa shape index (κ3) is 3.81. The van der Waals surface area contributed by atoms with Crippen LogP contribution >= 0.6 is 0 Å². The van der Waals surface area contributed by atoms with E-state index in [0.717, 1.165) is 12.8 Å². The van der Waals surface area contributed by atoms with Gasteiger partial charge in [0, 0.05) is 44.7 Å². The van der Waals surface area contributed by atoms with Gasteiger partial charge in [0.1, 0.15) is 5.52 Å². The highest BCUT2D eigenvalue weighted by Gasteiger charge is 2.25. The summed E-state index contributed by atoms with van der Waals surface area (Å²) in [6, 6.07) is 5.87. The van der Waals surface area contributed by atoms with Crippen molar-refractivity contribution in [2.45, 2.75) is 32.7 Å². The Labute approximate surface area is 153 Å². The number of hydrogen-bond donors (Lipinski definition) is 1. The van der Waals surface area contributed by atoms with Crippen molar-refractivity contribution in [2.75, 3.05) is 32.1 Å². The van der Waals surface area contributed by atoms with E-state index in [1.807, 2.05) is 32.8 Å². The molecule has 1 aromatic carbocycles. The minimum absolute atomic E-state index is 0.0161. The number of nitrogens with zero attached hydrogens (tertiary/aromatic N) is 3. The lowest BCUT2D eigenvalue weighted by molar-refractivity contribution is -0.135. The lowest BCUT2D eigenvalue weighted by Crippen LogP contribution is -2.47. The van der Waals surface area contributed by atoms with Crippen LogP contribution in [0.25, 0.3) is 11.1 Å². The van der Waals surface area contributed by atoms with E-state index >= 15 is 0 Å². The molecule has 1 aromatic heterocycles. The fraction of sp³-hybridized carbons (Fsp3) is 0.526. The Morgan fingerprint density at radius 1 is 1.27 bits per heavy atom. The Kier molecular flexibility index (Phi) is 5.15. The summed E-state index contributed by atoms with van der Waals surface area (Å²) in [7, 11) is 3.71. The predicted octanol–water partition coefficient (Wildman–Crippen LogP) is 2.27. The standard InChI is InChI=1S/C19H26N4O3/c1-12(2)18(25)23-9-7-14(8-10-23)20-17(24)13-5-6-16-15(11-13)21-19(26-16)22(3)4/h5-6,11-12,14H,7-10H2,1-4H3,(H,20,24). The molecule has 26 heavy (non-hydrogen) atoms. The van der Waals surface area contributed by atoms with Gasteiger partial charge in [-0.05, 0) is 31.0 Å². The van der Waals surface area contributed by atoms with Crippen molar-refractivity contribution < 1.29 is 14.0 Å². The Bertz CT molecular complexity index is 804. The number of fused-ring (bicyclic) bond motifs is 1. The molecule has 7 nitrogen and oxygen atoms in total. The maximum atomic E-state index is 12.6. The molecule has 1 aliphatic heterocycles. The molecule has 0 unspecified atom stereocenters. The third-order valence-corrected chi connectivity index (χ3v) is 4.66. The van der Waals surface area contributed by atoms with Gasteiger partial charge < -0.3 is 19.5 Å². The van der Waals surface area contributed by atoms with Gasteiger partial charge in [0.15, 0.2) is 5.58 Å². The SMILES string of the molecule is CC(C)C(=O)N1CCC(NC(=O)c2ccc3oc(N(C)C)nc3c2)CC1. The van der Waals surface area contributed by atoms with Gasteiger partial charge >= 0.3 is 0 Å². The van der Waals surface area contributed by atoms with Crippen molar-refractivity contribution in [1.82, 2.24) is 15.2 Å². The van der Waals surface area contributed by atoms with Crippen molar-refractivity contribution >= 4 is 28.9 Å². The second-order valence-electron chi connectivity index (χ2n) is 7.30. The van der Waals surface area contributed by atoms with Crippen LogP contribution in [0, 0.1) is 5.92 Å². The van der Waals surface area contributed by atoms with E-state index in [9.17, 15) is 9.59 Å². The van der Waals surface area contributed by atoms with Crippen LogP contribution in [-0.2, 0) is 4.79 Å². The monoisotopic (exact) mass is 358 g/mol. The number of amides is 2. The van der Waals surface area contributed by atoms with Crippen LogP contribution in [0.15, 0.2) is 22.6 Å². The molecule has 1 fully saturated rings. The third-order valence-electron chi connectivity index (χ3n) is 4.66. The Hall–Kier alpha value is -2.57. The molecule has 7 heteroatoms. The largest absolute Gasteiger partial charge is 0.423 e. The van der Waals surface area contributed by atoms with E-state index < -0.39 is 0 Å². The topological polar surface area (TPSA) is 78.7 Å². The van der Waals surface area contributed by atoms with E-state index in [4.69, 9.17) is 4.42 Å². The average molecular weight is 358 g/mol. The number of nitrogens with one attached hydrogen (secondary N) is 1. The van der Waals surface area contributed by atoms with Gasteiger partial charge in [-0.2, -0.15) is 4.98 Å². The van der Waals surface area contributed by atoms with Crippen LogP contribution in [0.5, 0.6) is 0 Å². The summed E-state index contributed by atoms with van der Waals surface area (Å²) in [6.07, 6.45) is 1.56. The minimum Gasteiger partial charge on any atom is -0.423 e. The minimum atomic E-state index is -0.116. The van der Waals surface area contributed by atoms with E-state index in [1.165, 1.54) is 0 Å². The zero-order valence-electron chi connectivity index (χ0n) is 15.8. The fourth-order valence-corrected chi connectivity index (χ4v) is 3.13. The van der Waals surface area contributed by atoms with Gasteiger partial charge in [0.05, 0.1) is 0 Å². The lowest BCUT2D eigenvalue weighted by atomic mass is 10.0. The molecule has 0 aliphatic carbocycles. The number of anilines is 1. The van der Waals surface area contributed by atoms with Crippen molar-refractivity contribution in [3.8, 4) is 0 Å². The van der Waals surface area contributed by atoms with Crippen molar-refractivity contribution in [2.24, 2.45) is 5.92 Å². The molecule has 3 rings (SSSR count). The number of aromatic nitrogens is 1. The summed E-state index contributed by atoms with van der Waals surface area (Å²) < 4.78 is 5.61. The molecule has 0 bridgehead atoms. The van der Waals surface area contributed by atoms with Crippen LogP contribution in [-0.4, -0.2) is 54.9 Å². The number of oxazole rings is 1. The first-order chi connectivity index (χ1) is 12.3. The summed E-state index contributed by atoms with van der Waals surface area (Å²) in [5.41, 5.74) is 1.89. The molecular formula is C19H26N4O3. The summed E-state index contributed by atoms with van der Waals surface area (Å²) in [5.74, 6) is 0.0836. The van der Waals surface area contributed by atoms with E-state index in [1.54, 1.807) is 23.1 Å². The van der Waals surface area contributed by atoms with Crippen LogP contribution in [0.2, 0.25) is 0 Å². The second-order valence-corrected chi connectivity index (χ2v) is 7.30. The zero-order chi connectivity index (χ0) is 18.8. The number of carbonyl (C=O) groups excluding carboxylic acids is 2. The average Bonchev–Trinajstić information content (AvgIpc) is 3.05. The molecule has 1 aliphatic rings. The Morgan fingerprint density at radius 3 is 2.58 bits per heavy atom. The second kappa shape index (κ2) is 7.35. The van der Waals surface area contributed by atoms with Gasteiger partial charge in [-0.25, -0.2) is 0 Å². The van der Waals surface area contributed by atoms with Gasteiger partial charge in [0.2, 0.25) is 5.91 Å². The number of rotatable bonds is 4. The molecule has 2 aromatic rings. The van der Waals surface area contributed by atoms with Crippen molar-refractivity contribution in [3.05, 3.63) is 23.8 Å². The van der Waals surface area contributed by atoms with Crippen molar-refractivity contribution in [3.63, 3.8) is 0 Å². The number of piperidine rings is 1. The molecule has 0 spiro atoms. The smallest absolute Gasteiger partial charge is 0.297 e. The molecule has 1 saturated heterocycles. The number of likely N-dealkylation sites (tertiary alicyclic amines) is 1. The van der Waals surface area contributed by atoms with Crippen molar-refractivity contribution in [1.29, 1.82) is 0 Å². The molecular weight excluding hydrogens is 332 g/mol. The van der Waals surface area contributed by atoms with Crippen LogP contribution in [0.3, 0.4) is 0 Å². The molecule has 0 radical (unpaired) electrons. The highest BCUT2D eigenvalue weighted by Crippen LogP contribution is 2.22. The van der Waals surface area contributed by atoms with E-state index in [0.29, 0.717) is 35.8 Å².